The van der Waals surface area contributed by atoms with E-state index in [1.54, 1.807) is 14.2 Å². The summed E-state index contributed by atoms with van der Waals surface area (Å²) in [6.07, 6.45) is 7.31. The number of likely N-dealkylation sites (tertiary alicyclic amines) is 1. The van der Waals surface area contributed by atoms with Crippen molar-refractivity contribution in [3.8, 4) is 11.5 Å². The van der Waals surface area contributed by atoms with Crippen molar-refractivity contribution in [3.05, 3.63) is 53.9 Å². The van der Waals surface area contributed by atoms with Crippen LogP contribution in [-0.2, 0) is 13.0 Å². The standard InChI is InChI=1S/C22H31N3O2/c1-24(14-10-18-6-7-21(26-2)22(15-18)27-3)20-5-4-13-25(17-20)16-19-8-11-23-12-9-19/h6-9,11-12,15,20H,4-5,10,13-14,16-17H2,1-3H3/t20-/m1/s1. The molecule has 27 heavy (non-hydrogen) atoms. The van der Waals surface area contributed by atoms with Crippen LogP contribution < -0.4 is 9.47 Å². The molecule has 1 fully saturated rings. The number of aromatic nitrogens is 1. The fourth-order valence-corrected chi connectivity index (χ4v) is 3.81. The summed E-state index contributed by atoms with van der Waals surface area (Å²) < 4.78 is 10.7. The molecule has 0 unspecified atom stereocenters. The Morgan fingerprint density at radius 2 is 1.85 bits per heavy atom. The van der Waals surface area contributed by atoms with E-state index in [1.807, 2.05) is 18.5 Å². The van der Waals surface area contributed by atoms with Crippen molar-refractivity contribution in [2.45, 2.75) is 31.8 Å². The molecule has 2 heterocycles. The number of benzene rings is 1. The zero-order chi connectivity index (χ0) is 19.1. The molecule has 0 N–H and O–H groups in total. The van der Waals surface area contributed by atoms with Crippen LogP contribution in [0.1, 0.15) is 24.0 Å². The second kappa shape index (κ2) is 9.72. The van der Waals surface area contributed by atoms with Gasteiger partial charge in [-0.15, -0.1) is 0 Å². The van der Waals surface area contributed by atoms with E-state index in [1.165, 1.54) is 30.5 Å². The molecule has 1 aromatic heterocycles. The molecule has 1 saturated heterocycles. The Balaban J connectivity index is 1.52. The molecule has 0 radical (unpaired) electrons. The second-order valence-corrected chi connectivity index (χ2v) is 7.31. The number of nitrogens with zero attached hydrogens (tertiary/aromatic N) is 3. The molecule has 146 valence electrons. The van der Waals surface area contributed by atoms with Crippen LogP contribution in [0.5, 0.6) is 11.5 Å². The number of hydrogen-bond donors (Lipinski definition) is 0. The van der Waals surface area contributed by atoms with Crippen LogP contribution in [-0.4, -0.2) is 61.7 Å². The molecule has 5 nitrogen and oxygen atoms in total. The van der Waals surface area contributed by atoms with E-state index < -0.39 is 0 Å². The Bertz CT molecular complexity index is 708. The summed E-state index contributed by atoms with van der Waals surface area (Å²) in [7, 11) is 5.61. The van der Waals surface area contributed by atoms with E-state index in [2.05, 4.69) is 46.1 Å². The molecule has 0 saturated carbocycles. The van der Waals surface area contributed by atoms with Crippen LogP contribution >= 0.6 is 0 Å². The first-order chi connectivity index (χ1) is 13.2. The first kappa shape index (κ1) is 19.6. The minimum Gasteiger partial charge on any atom is -0.493 e. The number of pyridine rings is 1. The predicted octanol–water partition coefficient (Wildman–Crippen LogP) is 3.24. The van der Waals surface area contributed by atoms with Gasteiger partial charge in [0.2, 0.25) is 0 Å². The number of likely N-dealkylation sites (N-methyl/N-ethyl adjacent to an activating group) is 1. The summed E-state index contributed by atoms with van der Waals surface area (Å²) in [4.78, 5) is 9.19. The lowest BCUT2D eigenvalue weighted by molar-refractivity contribution is 0.112. The van der Waals surface area contributed by atoms with Crippen molar-refractivity contribution in [1.29, 1.82) is 0 Å². The van der Waals surface area contributed by atoms with Gasteiger partial charge in [0.25, 0.3) is 0 Å². The van der Waals surface area contributed by atoms with Crippen molar-refractivity contribution in [2.75, 3.05) is 40.9 Å². The summed E-state index contributed by atoms with van der Waals surface area (Å²) in [5.41, 5.74) is 2.63. The third-order valence-electron chi connectivity index (χ3n) is 5.46. The predicted molar refractivity (Wildman–Crippen MR) is 108 cm³/mol. The maximum Gasteiger partial charge on any atom is 0.160 e. The number of rotatable bonds is 8. The van der Waals surface area contributed by atoms with Crippen molar-refractivity contribution in [1.82, 2.24) is 14.8 Å². The van der Waals surface area contributed by atoms with Crippen molar-refractivity contribution < 1.29 is 9.47 Å². The third kappa shape index (κ3) is 5.44. The second-order valence-electron chi connectivity index (χ2n) is 7.31. The Kier molecular flexibility index (Phi) is 7.07. The quantitative estimate of drug-likeness (QED) is 0.714. The van der Waals surface area contributed by atoms with E-state index >= 15 is 0 Å². The zero-order valence-corrected chi connectivity index (χ0v) is 16.7. The molecule has 1 atom stereocenters. The molecule has 1 aromatic carbocycles. The van der Waals surface area contributed by atoms with Gasteiger partial charge in [0.1, 0.15) is 0 Å². The fraction of sp³-hybridized carbons (Fsp3) is 0.500. The third-order valence-corrected chi connectivity index (χ3v) is 5.46. The smallest absolute Gasteiger partial charge is 0.160 e. The van der Waals surface area contributed by atoms with Gasteiger partial charge in [-0.2, -0.15) is 0 Å². The topological polar surface area (TPSA) is 37.8 Å². The maximum atomic E-state index is 5.42. The molecule has 0 aliphatic carbocycles. The van der Waals surface area contributed by atoms with Crippen LogP contribution in [0, 0.1) is 0 Å². The minimum atomic E-state index is 0.612. The Labute approximate surface area is 162 Å². The van der Waals surface area contributed by atoms with Crippen molar-refractivity contribution in [3.63, 3.8) is 0 Å². The summed E-state index contributed by atoms with van der Waals surface area (Å²) >= 11 is 0. The van der Waals surface area contributed by atoms with Crippen molar-refractivity contribution >= 4 is 0 Å². The number of methoxy groups -OCH3 is 2. The first-order valence-corrected chi connectivity index (χ1v) is 9.72. The highest BCUT2D eigenvalue weighted by molar-refractivity contribution is 5.42. The monoisotopic (exact) mass is 369 g/mol. The maximum absolute atomic E-state index is 5.42. The highest BCUT2D eigenvalue weighted by Gasteiger charge is 2.23. The van der Waals surface area contributed by atoms with E-state index in [-0.39, 0.29) is 0 Å². The summed E-state index contributed by atoms with van der Waals surface area (Å²) in [5, 5.41) is 0. The largest absolute Gasteiger partial charge is 0.493 e. The van der Waals surface area contributed by atoms with Gasteiger partial charge in [0.15, 0.2) is 11.5 Å². The van der Waals surface area contributed by atoms with Gasteiger partial charge in [-0.05, 0) is 68.2 Å². The lowest BCUT2D eigenvalue weighted by Gasteiger charge is -2.37. The molecular weight excluding hydrogens is 338 g/mol. The van der Waals surface area contributed by atoms with Gasteiger partial charge in [0.05, 0.1) is 14.2 Å². The van der Waals surface area contributed by atoms with Gasteiger partial charge in [-0.1, -0.05) is 6.07 Å². The normalized spacial score (nSPS) is 17.9. The highest BCUT2D eigenvalue weighted by atomic mass is 16.5. The Hall–Kier alpha value is -2.11. The summed E-state index contributed by atoms with van der Waals surface area (Å²) in [6, 6.07) is 11.1. The Morgan fingerprint density at radius 1 is 1.07 bits per heavy atom. The van der Waals surface area contributed by atoms with Gasteiger partial charge in [-0.3, -0.25) is 9.88 Å². The van der Waals surface area contributed by atoms with Crippen LogP contribution in [0.15, 0.2) is 42.7 Å². The lowest BCUT2D eigenvalue weighted by Crippen LogP contribution is -2.46. The molecular formula is C22H31N3O2. The number of piperidine rings is 1. The van der Waals surface area contributed by atoms with Crippen LogP contribution in [0.25, 0.3) is 0 Å². The first-order valence-electron chi connectivity index (χ1n) is 9.72. The van der Waals surface area contributed by atoms with Crippen LogP contribution in [0.3, 0.4) is 0 Å². The van der Waals surface area contributed by atoms with Crippen molar-refractivity contribution in [2.24, 2.45) is 0 Å². The fourth-order valence-electron chi connectivity index (χ4n) is 3.81. The van der Waals surface area contributed by atoms with Gasteiger partial charge < -0.3 is 14.4 Å². The lowest BCUT2D eigenvalue weighted by atomic mass is 10.0. The SMILES string of the molecule is COc1ccc(CCN(C)[C@@H]2CCCN(Cc3ccncc3)C2)cc1OC. The molecule has 0 bridgehead atoms. The average Bonchev–Trinajstić information content (AvgIpc) is 2.72. The molecule has 1 aliphatic rings. The van der Waals surface area contributed by atoms with Crippen LogP contribution in [0.4, 0.5) is 0 Å². The van der Waals surface area contributed by atoms with E-state index in [0.717, 1.165) is 37.6 Å². The molecule has 0 amide bonds. The Morgan fingerprint density at radius 3 is 2.59 bits per heavy atom. The molecule has 5 heteroatoms. The minimum absolute atomic E-state index is 0.612. The van der Waals surface area contributed by atoms with E-state index in [9.17, 15) is 0 Å². The number of hydrogen-bond acceptors (Lipinski definition) is 5. The molecule has 0 spiro atoms. The van der Waals surface area contributed by atoms with Gasteiger partial charge >= 0.3 is 0 Å². The molecule has 3 rings (SSSR count). The van der Waals surface area contributed by atoms with Gasteiger partial charge in [0, 0.05) is 38.1 Å². The van der Waals surface area contributed by atoms with Crippen LogP contribution in [0.2, 0.25) is 0 Å². The number of ether oxygens (including phenoxy) is 2. The van der Waals surface area contributed by atoms with Gasteiger partial charge in [-0.25, -0.2) is 0 Å². The average molecular weight is 370 g/mol. The van der Waals surface area contributed by atoms with E-state index in [0.29, 0.717) is 6.04 Å². The molecule has 1 aliphatic heterocycles. The highest BCUT2D eigenvalue weighted by Crippen LogP contribution is 2.28. The van der Waals surface area contributed by atoms with E-state index in [4.69, 9.17) is 9.47 Å². The summed E-state index contributed by atoms with van der Waals surface area (Å²) in [6.45, 7) is 4.37. The zero-order valence-electron chi connectivity index (χ0n) is 16.7. The summed E-state index contributed by atoms with van der Waals surface area (Å²) in [5.74, 6) is 1.59. The molecule has 2 aromatic rings.